The van der Waals surface area contributed by atoms with Gasteiger partial charge in [-0.3, -0.25) is 0 Å². The van der Waals surface area contributed by atoms with Gasteiger partial charge in [0.25, 0.3) is 0 Å². The number of aliphatic imine (C=N–C) groups is 1. The molecule has 4 nitrogen and oxygen atoms in total. The van der Waals surface area contributed by atoms with E-state index in [1.807, 2.05) is 11.8 Å². The molecule has 2 aliphatic rings. The zero-order valence-corrected chi connectivity index (χ0v) is 17.7. The van der Waals surface area contributed by atoms with Crippen molar-refractivity contribution in [2.75, 3.05) is 33.3 Å². The van der Waals surface area contributed by atoms with E-state index in [1.54, 1.807) is 12.1 Å². The molecule has 0 aliphatic carbocycles. The van der Waals surface area contributed by atoms with Crippen molar-refractivity contribution in [3.8, 4) is 0 Å². The highest BCUT2D eigenvalue weighted by molar-refractivity contribution is 8.13. The summed E-state index contributed by atoms with van der Waals surface area (Å²) in [5, 5.41) is 1.14. The minimum absolute atomic E-state index is 0.205. The number of nitrogens with zero attached hydrogens (tertiary/aromatic N) is 3. The summed E-state index contributed by atoms with van der Waals surface area (Å²) in [6.07, 6.45) is 2.30. The molecule has 0 amide bonds. The number of amidine groups is 1. The first-order valence-electron chi connectivity index (χ1n) is 10.3. The zero-order chi connectivity index (χ0) is 20.1. The van der Waals surface area contributed by atoms with E-state index in [0.29, 0.717) is 19.3 Å². The first-order valence-corrected chi connectivity index (χ1v) is 11.2. The lowest BCUT2D eigenvalue weighted by Gasteiger charge is -2.38. The second kappa shape index (κ2) is 9.74. The van der Waals surface area contributed by atoms with Gasteiger partial charge in [0.05, 0.1) is 18.9 Å². The third-order valence-corrected chi connectivity index (χ3v) is 6.80. The highest BCUT2D eigenvalue weighted by Crippen LogP contribution is 2.32. The van der Waals surface area contributed by atoms with Crippen LogP contribution in [0.15, 0.2) is 53.5 Å². The topological polar surface area (TPSA) is 28.1 Å². The molecule has 29 heavy (non-hydrogen) atoms. The Hall–Kier alpha value is -1.89. The van der Waals surface area contributed by atoms with Crippen LogP contribution in [0.5, 0.6) is 0 Å². The Bertz CT molecular complexity index is 834. The average Bonchev–Trinajstić information content (AvgIpc) is 2.77. The van der Waals surface area contributed by atoms with Crippen LogP contribution in [-0.2, 0) is 17.1 Å². The van der Waals surface area contributed by atoms with Gasteiger partial charge in [-0.1, -0.05) is 42.1 Å². The monoisotopic (exact) mass is 413 g/mol. The van der Waals surface area contributed by atoms with Gasteiger partial charge in [-0.05, 0) is 42.2 Å². The largest absolute Gasteiger partial charge is 0.375 e. The number of hydrogen-bond donors (Lipinski definition) is 0. The molecule has 154 valence electrons. The van der Waals surface area contributed by atoms with E-state index in [1.165, 1.54) is 17.7 Å². The van der Waals surface area contributed by atoms with Gasteiger partial charge in [-0.25, -0.2) is 9.38 Å². The molecule has 2 aliphatic heterocycles. The zero-order valence-electron chi connectivity index (χ0n) is 16.9. The summed E-state index contributed by atoms with van der Waals surface area (Å²) in [6, 6.07) is 15.5. The molecule has 0 N–H and O–H groups in total. The Labute approximate surface area is 176 Å². The SMILES string of the molecule is CN(C1=Nc2ccccc2CS1)C1CCN(CCOCc2ccc(F)cc2)CC1. The molecule has 2 heterocycles. The number of para-hydroxylation sites is 1. The molecule has 1 saturated heterocycles. The standard InChI is InChI=1S/C23H28FN3OS/c1-26(23-25-22-5-3-2-4-19(22)17-29-23)21-10-12-27(13-11-21)14-15-28-16-18-6-8-20(24)9-7-18/h2-9,21H,10-17H2,1H3. The molecule has 4 rings (SSSR count). The molecule has 1 fully saturated rings. The van der Waals surface area contributed by atoms with E-state index in [4.69, 9.17) is 9.73 Å². The summed E-state index contributed by atoms with van der Waals surface area (Å²) in [4.78, 5) is 9.73. The molecule has 0 saturated carbocycles. The predicted molar refractivity (Wildman–Crippen MR) is 118 cm³/mol. The van der Waals surface area contributed by atoms with E-state index < -0.39 is 0 Å². The number of piperidine rings is 1. The van der Waals surface area contributed by atoms with Gasteiger partial charge in [0.2, 0.25) is 0 Å². The van der Waals surface area contributed by atoms with Crippen molar-refractivity contribution in [3.63, 3.8) is 0 Å². The fraction of sp³-hybridized carbons (Fsp3) is 0.435. The molecule has 0 bridgehead atoms. The highest BCUT2D eigenvalue weighted by Gasteiger charge is 2.26. The fourth-order valence-corrected chi connectivity index (χ4v) is 4.90. The van der Waals surface area contributed by atoms with Gasteiger partial charge in [0.1, 0.15) is 5.82 Å². The molecule has 2 aromatic rings. The third-order valence-electron chi connectivity index (χ3n) is 5.70. The van der Waals surface area contributed by atoms with Crippen LogP contribution < -0.4 is 0 Å². The molecular weight excluding hydrogens is 385 g/mol. The van der Waals surface area contributed by atoms with Gasteiger partial charge in [0, 0.05) is 38.5 Å². The molecule has 0 radical (unpaired) electrons. The molecule has 0 unspecified atom stereocenters. The average molecular weight is 414 g/mol. The molecule has 0 aromatic heterocycles. The Morgan fingerprint density at radius 2 is 1.90 bits per heavy atom. The Morgan fingerprint density at radius 1 is 1.14 bits per heavy atom. The van der Waals surface area contributed by atoms with Crippen LogP contribution in [-0.4, -0.2) is 54.3 Å². The van der Waals surface area contributed by atoms with Gasteiger partial charge in [0.15, 0.2) is 5.17 Å². The molecule has 0 atom stereocenters. The first-order chi connectivity index (χ1) is 14.2. The van der Waals surface area contributed by atoms with Gasteiger partial charge in [-0.15, -0.1) is 0 Å². The molecule has 6 heteroatoms. The van der Waals surface area contributed by atoms with Crippen LogP contribution in [0.4, 0.5) is 10.1 Å². The number of halogens is 1. The van der Waals surface area contributed by atoms with Crippen molar-refractivity contribution in [2.45, 2.75) is 31.2 Å². The second-order valence-corrected chi connectivity index (χ2v) is 8.62. The van der Waals surface area contributed by atoms with E-state index >= 15 is 0 Å². The molecular formula is C23H28FN3OS. The summed E-state index contributed by atoms with van der Waals surface area (Å²) in [7, 11) is 2.19. The quantitative estimate of drug-likeness (QED) is 0.643. The smallest absolute Gasteiger partial charge is 0.164 e. The number of ether oxygens (including phenoxy) is 1. The van der Waals surface area contributed by atoms with Crippen molar-refractivity contribution < 1.29 is 9.13 Å². The van der Waals surface area contributed by atoms with Crippen LogP contribution in [0.25, 0.3) is 0 Å². The number of thioether (sulfide) groups is 1. The summed E-state index contributed by atoms with van der Waals surface area (Å²) in [6.45, 7) is 4.36. The molecule has 2 aromatic carbocycles. The Balaban J connectivity index is 1.19. The van der Waals surface area contributed by atoms with Crippen molar-refractivity contribution in [3.05, 3.63) is 65.5 Å². The summed E-state index contributed by atoms with van der Waals surface area (Å²) in [5.41, 5.74) is 3.45. The number of fused-ring (bicyclic) bond motifs is 1. The van der Waals surface area contributed by atoms with Crippen LogP contribution in [0.1, 0.15) is 24.0 Å². The van der Waals surface area contributed by atoms with E-state index in [2.05, 4.69) is 41.1 Å². The van der Waals surface area contributed by atoms with Gasteiger partial charge < -0.3 is 14.5 Å². The van der Waals surface area contributed by atoms with Crippen molar-refractivity contribution in [1.82, 2.24) is 9.80 Å². The lowest BCUT2D eigenvalue weighted by atomic mass is 10.0. The minimum Gasteiger partial charge on any atom is -0.375 e. The lowest BCUT2D eigenvalue weighted by molar-refractivity contribution is 0.0775. The van der Waals surface area contributed by atoms with Gasteiger partial charge >= 0.3 is 0 Å². The normalized spacial score (nSPS) is 17.7. The summed E-state index contributed by atoms with van der Waals surface area (Å²) >= 11 is 1.84. The van der Waals surface area contributed by atoms with Crippen molar-refractivity contribution in [1.29, 1.82) is 0 Å². The third kappa shape index (κ3) is 5.38. The summed E-state index contributed by atoms with van der Waals surface area (Å²) in [5.74, 6) is 0.798. The van der Waals surface area contributed by atoms with Crippen LogP contribution >= 0.6 is 11.8 Å². The maximum Gasteiger partial charge on any atom is 0.164 e. The van der Waals surface area contributed by atoms with E-state index in [-0.39, 0.29) is 5.82 Å². The van der Waals surface area contributed by atoms with Crippen molar-refractivity contribution >= 4 is 22.6 Å². The van der Waals surface area contributed by atoms with E-state index in [9.17, 15) is 4.39 Å². The Morgan fingerprint density at radius 3 is 2.69 bits per heavy atom. The minimum atomic E-state index is -0.205. The first kappa shape index (κ1) is 20.4. The van der Waals surface area contributed by atoms with E-state index in [0.717, 1.165) is 54.6 Å². The lowest BCUT2D eigenvalue weighted by Crippen LogP contribution is -2.45. The predicted octanol–water partition coefficient (Wildman–Crippen LogP) is 4.67. The van der Waals surface area contributed by atoms with Crippen LogP contribution in [0, 0.1) is 5.82 Å². The second-order valence-electron chi connectivity index (χ2n) is 7.67. The Kier molecular flexibility index (Phi) is 6.85. The number of likely N-dealkylation sites (tertiary alicyclic amines) is 1. The molecule has 0 spiro atoms. The number of benzene rings is 2. The maximum atomic E-state index is 12.9. The van der Waals surface area contributed by atoms with Crippen molar-refractivity contribution in [2.24, 2.45) is 4.99 Å². The van der Waals surface area contributed by atoms with Crippen LogP contribution in [0.3, 0.4) is 0 Å². The highest BCUT2D eigenvalue weighted by atomic mass is 32.2. The fourth-order valence-electron chi connectivity index (χ4n) is 3.85. The number of rotatable bonds is 6. The number of hydrogen-bond acceptors (Lipinski definition) is 5. The summed E-state index contributed by atoms with van der Waals surface area (Å²) < 4.78 is 18.7. The van der Waals surface area contributed by atoms with Gasteiger partial charge in [-0.2, -0.15) is 0 Å². The van der Waals surface area contributed by atoms with Crippen LogP contribution in [0.2, 0.25) is 0 Å². The maximum absolute atomic E-state index is 12.9.